The molecule has 3 rings (SSSR count). The zero-order chi connectivity index (χ0) is 19.7. The molecule has 1 saturated carbocycles. The third-order valence-electron chi connectivity index (χ3n) is 4.58. The molecular weight excluding hydrogens is 364 g/mol. The normalized spacial score (nSPS) is 15.1. The molecule has 0 radical (unpaired) electrons. The molecular formula is C19H16F4N2O2. The summed E-state index contributed by atoms with van der Waals surface area (Å²) in [4.78, 5) is 24.0. The number of carbonyl (C=O) groups excluding carboxylic acids is 2. The number of nitrogens with one attached hydrogen (secondary N) is 2. The number of halogens is 4. The fraction of sp³-hybridized carbons (Fsp3) is 0.263. The van der Waals surface area contributed by atoms with Crippen LogP contribution in [0.4, 0.5) is 23.2 Å². The van der Waals surface area contributed by atoms with E-state index in [1.54, 1.807) is 12.1 Å². The molecule has 0 unspecified atom stereocenters. The first-order valence-electron chi connectivity index (χ1n) is 8.23. The molecule has 0 aliphatic heterocycles. The molecule has 1 aliphatic rings. The summed E-state index contributed by atoms with van der Waals surface area (Å²) in [6.07, 6.45) is -3.13. The van der Waals surface area contributed by atoms with E-state index >= 15 is 0 Å². The van der Waals surface area contributed by atoms with Gasteiger partial charge >= 0.3 is 18.0 Å². The maximum Gasteiger partial charge on any atom is 0.418 e. The van der Waals surface area contributed by atoms with Gasteiger partial charge in [-0.2, -0.15) is 13.2 Å². The summed E-state index contributed by atoms with van der Waals surface area (Å²) in [6, 6.07) is 10.3. The van der Waals surface area contributed by atoms with Gasteiger partial charge in [-0.25, -0.2) is 4.39 Å². The molecule has 2 aromatic carbocycles. The molecule has 0 spiro atoms. The fourth-order valence-electron chi connectivity index (χ4n) is 2.87. The first kappa shape index (κ1) is 18.9. The van der Waals surface area contributed by atoms with Gasteiger partial charge in [0.05, 0.1) is 11.3 Å². The van der Waals surface area contributed by atoms with Gasteiger partial charge in [0.2, 0.25) is 0 Å². The number of anilines is 1. The highest BCUT2D eigenvalue weighted by molar-refractivity contribution is 6.39. The Morgan fingerprint density at radius 1 is 0.963 bits per heavy atom. The van der Waals surface area contributed by atoms with Crippen LogP contribution in [-0.4, -0.2) is 18.4 Å². The van der Waals surface area contributed by atoms with Crippen LogP contribution in [0.5, 0.6) is 0 Å². The Morgan fingerprint density at radius 3 is 2.19 bits per heavy atom. The summed E-state index contributed by atoms with van der Waals surface area (Å²) in [6.45, 7) is 0.145. The lowest BCUT2D eigenvalue weighted by Gasteiger charge is -2.17. The molecule has 2 amide bonds. The second-order valence-corrected chi connectivity index (χ2v) is 6.47. The van der Waals surface area contributed by atoms with Gasteiger partial charge in [-0.15, -0.1) is 0 Å². The summed E-state index contributed by atoms with van der Waals surface area (Å²) in [5.74, 6) is -2.58. The SMILES string of the molecule is O=C(NCC1(c2ccc(F)cc2)CC1)C(=O)Nc1ccccc1C(F)(F)F. The largest absolute Gasteiger partial charge is 0.418 e. The second kappa shape index (κ2) is 7.02. The van der Waals surface area contributed by atoms with Gasteiger partial charge in [0.15, 0.2) is 0 Å². The molecule has 2 N–H and O–H groups in total. The van der Waals surface area contributed by atoms with Crippen molar-refractivity contribution in [1.29, 1.82) is 0 Å². The van der Waals surface area contributed by atoms with Crippen LogP contribution in [0.3, 0.4) is 0 Å². The number of para-hydroxylation sites is 1. The number of carbonyl (C=O) groups is 2. The predicted octanol–water partition coefficient (Wildman–Crippen LogP) is 3.63. The van der Waals surface area contributed by atoms with Crippen LogP contribution in [-0.2, 0) is 21.2 Å². The van der Waals surface area contributed by atoms with Gasteiger partial charge < -0.3 is 10.6 Å². The monoisotopic (exact) mass is 380 g/mol. The Bertz CT molecular complexity index is 859. The van der Waals surface area contributed by atoms with E-state index in [4.69, 9.17) is 0 Å². The summed E-state index contributed by atoms with van der Waals surface area (Å²) in [5, 5.41) is 4.45. The lowest BCUT2D eigenvalue weighted by Crippen LogP contribution is -2.39. The molecule has 2 aromatic rings. The third-order valence-corrected chi connectivity index (χ3v) is 4.58. The Balaban J connectivity index is 1.62. The van der Waals surface area contributed by atoms with Crippen LogP contribution in [0.25, 0.3) is 0 Å². The molecule has 0 saturated heterocycles. The van der Waals surface area contributed by atoms with Crippen LogP contribution < -0.4 is 10.6 Å². The number of hydrogen-bond donors (Lipinski definition) is 2. The zero-order valence-electron chi connectivity index (χ0n) is 14.1. The van der Waals surface area contributed by atoms with Crippen molar-refractivity contribution in [3.8, 4) is 0 Å². The Morgan fingerprint density at radius 2 is 1.59 bits per heavy atom. The highest BCUT2D eigenvalue weighted by Crippen LogP contribution is 2.47. The van der Waals surface area contributed by atoms with Crippen LogP contribution in [0.1, 0.15) is 24.0 Å². The van der Waals surface area contributed by atoms with Crippen LogP contribution in [0, 0.1) is 5.82 Å². The molecule has 0 aromatic heterocycles. The van der Waals surface area contributed by atoms with E-state index in [0.717, 1.165) is 30.5 Å². The van der Waals surface area contributed by atoms with E-state index < -0.39 is 29.2 Å². The second-order valence-electron chi connectivity index (χ2n) is 6.47. The Hall–Kier alpha value is -2.90. The summed E-state index contributed by atoms with van der Waals surface area (Å²) >= 11 is 0. The summed E-state index contributed by atoms with van der Waals surface area (Å²) in [7, 11) is 0. The zero-order valence-corrected chi connectivity index (χ0v) is 14.1. The Kier molecular flexibility index (Phi) is 4.91. The maximum atomic E-state index is 13.0. The average molecular weight is 380 g/mol. The standard InChI is InChI=1S/C19H16F4N2O2/c20-13-7-5-12(6-8-13)18(9-10-18)11-24-16(26)17(27)25-15-4-2-1-3-14(15)19(21,22)23/h1-8H,9-11H2,(H,24,26)(H,25,27). The van der Waals surface area contributed by atoms with Crippen LogP contribution in [0.15, 0.2) is 48.5 Å². The molecule has 0 heterocycles. The van der Waals surface area contributed by atoms with Gasteiger partial charge in [0.25, 0.3) is 0 Å². The minimum atomic E-state index is -4.65. The summed E-state index contributed by atoms with van der Waals surface area (Å²) < 4.78 is 51.9. The van der Waals surface area contributed by atoms with Crippen LogP contribution >= 0.6 is 0 Å². The van der Waals surface area contributed by atoms with E-state index in [1.807, 2.05) is 5.32 Å². The molecule has 4 nitrogen and oxygen atoms in total. The van der Waals surface area contributed by atoms with Gasteiger partial charge in [-0.05, 0) is 42.7 Å². The van der Waals surface area contributed by atoms with Gasteiger partial charge in [0, 0.05) is 12.0 Å². The Labute approximate surface area is 152 Å². The maximum absolute atomic E-state index is 13.0. The van der Waals surface area contributed by atoms with Crippen LogP contribution in [0.2, 0.25) is 0 Å². The molecule has 0 atom stereocenters. The molecule has 27 heavy (non-hydrogen) atoms. The first-order valence-corrected chi connectivity index (χ1v) is 8.23. The quantitative estimate of drug-likeness (QED) is 0.629. The lowest BCUT2D eigenvalue weighted by molar-refractivity contribution is -0.138. The topological polar surface area (TPSA) is 58.2 Å². The van der Waals surface area contributed by atoms with Gasteiger partial charge in [0.1, 0.15) is 5.82 Å². The highest BCUT2D eigenvalue weighted by Gasteiger charge is 2.44. The molecule has 1 aliphatic carbocycles. The third kappa shape index (κ3) is 4.27. The smallest absolute Gasteiger partial charge is 0.347 e. The van der Waals surface area contributed by atoms with E-state index in [0.29, 0.717) is 0 Å². The van der Waals surface area contributed by atoms with Crippen molar-refractivity contribution in [2.45, 2.75) is 24.4 Å². The molecule has 8 heteroatoms. The summed E-state index contributed by atoms with van der Waals surface area (Å²) in [5.41, 5.74) is -1.04. The molecule has 142 valence electrons. The van der Waals surface area contributed by atoms with Crippen molar-refractivity contribution in [3.63, 3.8) is 0 Å². The van der Waals surface area contributed by atoms with Crippen molar-refractivity contribution in [1.82, 2.24) is 5.32 Å². The minimum absolute atomic E-state index is 0.145. The number of benzene rings is 2. The molecule has 0 bridgehead atoms. The lowest BCUT2D eigenvalue weighted by atomic mass is 9.96. The molecule has 1 fully saturated rings. The number of alkyl halides is 3. The van der Waals surface area contributed by atoms with Gasteiger partial charge in [-0.1, -0.05) is 24.3 Å². The van der Waals surface area contributed by atoms with Gasteiger partial charge in [-0.3, -0.25) is 9.59 Å². The van der Waals surface area contributed by atoms with E-state index in [-0.39, 0.29) is 17.8 Å². The van der Waals surface area contributed by atoms with Crippen molar-refractivity contribution in [2.75, 3.05) is 11.9 Å². The first-order chi connectivity index (χ1) is 12.7. The highest BCUT2D eigenvalue weighted by atomic mass is 19.4. The fourth-order valence-corrected chi connectivity index (χ4v) is 2.87. The van der Waals surface area contributed by atoms with Crippen molar-refractivity contribution in [2.24, 2.45) is 0 Å². The predicted molar refractivity (Wildman–Crippen MR) is 90.4 cm³/mol. The number of amides is 2. The minimum Gasteiger partial charge on any atom is -0.347 e. The van der Waals surface area contributed by atoms with E-state index in [9.17, 15) is 27.2 Å². The number of rotatable bonds is 4. The van der Waals surface area contributed by atoms with Crippen molar-refractivity contribution >= 4 is 17.5 Å². The van der Waals surface area contributed by atoms with E-state index in [1.165, 1.54) is 24.3 Å². The van der Waals surface area contributed by atoms with Crippen molar-refractivity contribution in [3.05, 3.63) is 65.5 Å². The van der Waals surface area contributed by atoms with Crippen molar-refractivity contribution < 1.29 is 27.2 Å². The van der Waals surface area contributed by atoms with E-state index in [2.05, 4.69) is 5.32 Å². The average Bonchev–Trinajstić information content (AvgIpc) is 3.41. The number of hydrogen-bond acceptors (Lipinski definition) is 2.